The molecule has 0 saturated heterocycles. The Morgan fingerprint density at radius 1 is 1.04 bits per heavy atom. The summed E-state index contributed by atoms with van der Waals surface area (Å²) in [7, 11) is -6.23. The summed E-state index contributed by atoms with van der Waals surface area (Å²) in [4.78, 5) is -0.314. The predicted octanol–water partition coefficient (Wildman–Crippen LogP) is 2.46. The van der Waals surface area contributed by atoms with E-state index in [1.54, 1.807) is 12.1 Å². The van der Waals surface area contributed by atoms with Crippen LogP contribution in [-0.4, -0.2) is 30.2 Å². The van der Waals surface area contributed by atoms with E-state index in [1.165, 1.54) is 19.2 Å². The number of hydrogen-bond acceptors (Lipinski definition) is 5. The molecule has 0 radical (unpaired) electrons. The maximum Gasteiger partial charge on any atom is 0.265 e. The van der Waals surface area contributed by atoms with Gasteiger partial charge in [0.2, 0.25) is 0 Å². The fraction of sp³-hybridized carbons (Fsp3) is 0.250. The second-order valence-electron chi connectivity index (χ2n) is 5.20. The summed E-state index contributed by atoms with van der Waals surface area (Å²) >= 11 is 0. The maximum absolute atomic E-state index is 12.7. The van der Waals surface area contributed by atoms with E-state index in [9.17, 15) is 16.8 Å². The molecule has 24 heavy (non-hydrogen) atoms. The summed E-state index contributed by atoms with van der Waals surface area (Å²) < 4.78 is 56.5. The number of anilines is 1. The number of ether oxygens (including phenoxy) is 1. The highest BCUT2D eigenvalue weighted by atomic mass is 32.2. The second kappa shape index (κ2) is 6.82. The van der Waals surface area contributed by atoms with Gasteiger partial charge in [-0.1, -0.05) is 25.1 Å². The Balaban J connectivity index is 2.56. The zero-order valence-corrected chi connectivity index (χ0v) is 15.2. The molecule has 0 aliphatic carbocycles. The molecule has 2 aromatic carbocycles. The number of rotatable bonds is 6. The van der Waals surface area contributed by atoms with Crippen molar-refractivity contribution >= 4 is 25.5 Å². The van der Waals surface area contributed by atoms with E-state index in [1.807, 2.05) is 19.1 Å². The maximum atomic E-state index is 12.7. The van der Waals surface area contributed by atoms with Crippen LogP contribution in [0.15, 0.2) is 52.3 Å². The molecular formula is C16H19NO5S2. The first-order chi connectivity index (χ1) is 11.2. The smallest absolute Gasteiger partial charge is 0.265 e. The monoisotopic (exact) mass is 369 g/mol. The van der Waals surface area contributed by atoms with Gasteiger partial charge in [0.1, 0.15) is 10.6 Å². The van der Waals surface area contributed by atoms with Gasteiger partial charge in [0.25, 0.3) is 10.0 Å². The lowest BCUT2D eigenvalue weighted by Gasteiger charge is -2.14. The van der Waals surface area contributed by atoms with Crippen LogP contribution < -0.4 is 9.46 Å². The van der Waals surface area contributed by atoms with Crippen LogP contribution in [0.5, 0.6) is 5.75 Å². The third kappa shape index (κ3) is 3.88. The van der Waals surface area contributed by atoms with E-state index in [4.69, 9.17) is 4.74 Å². The number of benzene rings is 2. The summed E-state index contributed by atoms with van der Waals surface area (Å²) in [5.41, 5.74) is 1.28. The summed E-state index contributed by atoms with van der Waals surface area (Å²) in [5, 5.41) is 0. The lowest BCUT2D eigenvalue weighted by molar-refractivity contribution is 0.402. The van der Waals surface area contributed by atoms with E-state index >= 15 is 0 Å². The summed E-state index contributed by atoms with van der Waals surface area (Å²) in [5.74, 6) is 0.0730. The van der Waals surface area contributed by atoms with Crippen molar-refractivity contribution in [2.45, 2.75) is 23.1 Å². The molecule has 6 nitrogen and oxygen atoms in total. The molecule has 0 aliphatic rings. The second-order valence-corrected chi connectivity index (χ2v) is 8.87. The minimum atomic E-state index is -4.01. The van der Waals surface area contributed by atoms with Crippen LogP contribution in [0.3, 0.4) is 0 Å². The molecule has 0 aromatic heterocycles. The highest BCUT2D eigenvalue weighted by molar-refractivity contribution is 7.93. The fourth-order valence-corrected chi connectivity index (χ4v) is 4.24. The average Bonchev–Trinajstić information content (AvgIpc) is 2.53. The first-order valence-corrected chi connectivity index (χ1v) is 10.6. The van der Waals surface area contributed by atoms with Gasteiger partial charge in [-0.25, -0.2) is 16.8 Å². The Hall–Kier alpha value is -2.06. The Morgan fingerprint density at radius 2 is 1.71 bits per heavy atom. The van der Waals surface area contributed by atoms with Crippen LogP contribution >= 0.6 is 0 Å². The molecule has 0 unspecified atom stereocenters. The standard InChI is InChI=1S/C16H19NO5S2/c1-4-12-7-5-6-8-14(12)17-24(20,21)16-11-13(23(3,18)19)9-10-15(16)22-2/h5-11,17H,4H2,1-3H3. The van der Waals surface area contributed by atoms with E-state index in [0.717, 1.165) is 17.9 Å². The quantitative estimate of drug-likeness (QED) is 0.845. The van der Waals surface area contributed by atoms with E-state index in [2.05, 4.69) is 4.72 Å². The van der Waals surface area contributed by atoms with Crippen LogP contribution in [-0.2, 0) is 26.3 Å². The molecule has 1 N–H and O–H groups in total. The van der Waals surface area contributed by atoms with Gasteiger partial charge in [-0.2, -0.15) is 0 Å². The molecule has 0 aliphatic heterocycles. The van der Waals surface area contributed by atoms with Gasteiger partial charge < -0.3 is 4.74 Å². The van der Waals surface area contributed by atoms with E-state index in [-0.39, 0.29) is 15.5 Å². The minimum Gasteiger partial charge on any atom is -0.495 e. The topological polar surface area (TPSA) is 89.5 Å². The van der Waals surface area contributed by atoms with Crippen LogP contribution in [0.4, 0.5) is 5.69 Å². The van der Waals surface area contributed by atoms with Crippen molar-refractivity contribution in [1.29, 1.82) is 0 Å². The first-order valence-electron chi connectivity index (χ1n) is 7.18. The predicted molar refractivity (Wildman–Crippen MR) is 92.7 cm³/mol. The lowest BCUT2D eigenvalue weighted by Crippen LogP contribution is -2.16. The van der Waals surface area contributed by atoms with Crippen molar-refractivity contribution in [3.63, 3.8) is 0 Å². The van der Waals surface area contributed by atoms with Gasteiger partial charge in [0.05, 0.1) is 17.7 Å². The van der Waals surface area contributed by atoms with Crippen molar-refractivity contribution in [1.82, 2.24) is 0 Å². The van der Waals surface area contributed by atoms with Gasteiger partial charge in [-0.3, -0.25) is 4.72 Å². The van der Waals surface area contributed by atoms with Crippen LogP contribution in [0, 0.1) is 0 Å². The Bertz CT molecular complexity index is 950. The van der Waals surface area contributed by atoms with Crippen molar-refractivity contribution < 1.29 is 21.6 Å². The van der Waals surface area contributed by atoms with Gasteiger partial charge in [-0.15, -0.1) is 0 Å². The zero-order chi connectivity index (χ0) is 18.0. The van der Waals surface area contributed by atoms with Crippen molar-refractivity contribution in [3.05, 3.63) is 48.0 Å². The van der Waals surface area contributed by atoms with Gasteiger partial charge in [0.15, 0.2) is 9.84 Å². The first kappa shape index (κ1) is 18.3. The SMILES string of the molecule is CCc1ccccc1NS(=O)(=O)c1cc(S(C)(=O)=O)ccc1OC. The molecule has 2 aromatic rings. The lowest BCUT2D eigenvalue weighted by atomic mass is 10.1. The van der Waals surface area contributed by atoms with Gasteiger partial charge in [-0.05, 0) is 36.2 Å². The Kier molecular flexibility index (Phi) is 5.19. The number of hydrogen-bond donors (Lipinski definition) is 1. The van der Waals surface area contributed by atoms with Crippen LogP contribution in [0.2, 0.25) is 0 Å². The Labute approximate surface area is 142 Å². The molecule has 0 heterocycles. The van der Waals surface area contributed by atoms with Crippen molar-refractivity contribution in [2.75, 3.05) is 18.1 Å². The highest BCUT2D eigenvalue weighted by Crippen LogP contribution is 2.29. The number of para-hydroxylation sites is 1. The van der Waals surface area contributed by atoms with Gasteiger partial charge in [0, 0.05) is 6.26 Å². The molecule has 0 amide bonds. The van der Waals surface area contributed by atoms with E-state index < -0.39 is 19.9 Å². The molecule has 0 saturated carbocycles. The molecule has 2 rings (SSSR count). The normalized spacial score (nSPS) is 12.0. The number of nitrogens with one attached hydrogen (secondary N) is 1. The summed E-state index contributed by atoms with van der Waals surface area (Å²) in [6.45, 7) is 1.91. The van der Waals surface area contributed by atoms with Crippen molar-refractivity contribution in [2.24, 2.45) is 0 Å². The Morgan fingerprint density at radius 3 is 2.29 bits per heavy atom. The van der Waals surface area contributed by atoms with E-state index in [0.29, 0.717) is 12.1 Å². The van der Waals surface area contributed by atoms with Gasteiger partial charge >= 0.3 is 0 Å². The average molecular weight is 369 g/mol. The largest absolute Gasteiger partial charge is 0.495 e. The number of aryl methyl sites for hydroxylation is 1. The van der Waals surface area contributed by atoms with Crippen LogP contribution in [0.1, 0.15) is 12.5 Å². The molecule has 8 heteroatoms. The molecule has 0 bridgehead atoms. The third-order valence-corrected chi connectivity index (χ3v) is 5.99. The minimum absolute atomic E-state index is 0.0730. The molecule has 0 atom stereocenters. The zero-order valence-electron chi connectivity index (χ0n) is 13.6. The third-order valence-electron chi connectivity index (χ3n) is 3.50. The summed E-state index contributed by atoms with van der Waals surface area (Å²) in [6, 6.07) is 10.8. The molecule has 0 fully saturated rings. The fourth-order valence-electron chi connectivity index (χ4n) is 2.23. The number of sulfone groups is 1. The molecule has 130 valence electrons. The number of methoxy groups -OCH3 is 1. The molecule has 0 spiro atoms. The highest BCUT2D eigenvalue weighted by Gasteiger charge is 2.23. The van der Waals surface area contributed by atoms with Crippen LogP contribution in [0.25, 0.3) is 0 Å². The number of sulfonamides is 1. The molecular weight excluding hydrogens is 350 g/mol. The summed E-state index contributed by atoms with van der Waals surface area (Å²) in [6.07, 6.45) is 1.67. The van der Waals surface area contributed by atoms with Crippen molar-refractivity contribution in [3.8, 4) is 5.75 Å².